The van der Waals surface area contributed by atoms with E-state index in [1.807, 2.05) is 0 Å². The summed E-state index contributed by atoms with van der Waals surface area (Å²) in [5.41, 5.74) is 8.32. The van der Waals surface area contributed by atoms with Crippen molar-refractivity contribution in [1.29, 1.82) is 0 Å². The van der Waals surface area contributed by atoms with Gasteiger partial charge < -0.3 is 4.74 Å². The highest BCUT2D eigenvalue weighted by Gasteiger charge is 2.44. The quantitative estimate of drug-likeness (QED) is 0.375. The number of carbonyl (C=O) groups is 1. The van der Waals surface area contributed by atoms with Gasteiger partial charge in [0.2, 0.25) is 0 Å². The highest BCUT2D eigenvalue weighted by molar-refractivity contribution is 6.30. The number of benzene rings is 2. The summed E-state index contributed by atoms with van der Waals surface area (Å²) in [4.78, 5) is 16.3. The molecule has 6 nitrogen and oxygen atoms in total. The molecule has 0 unspecified atom stereocenters. The molecule has 2 aromatic rings. The van der Waals surface area contributed by atoms with E-state index < -0.39 is 30.0 Å². The van der Waals surface area contributed by atoms with Crippen molar-refractivity contribution in [2.75, 3.05) is 11.4 Å². The second-order valence-corrected chi connectivity index (χ2v) is 6.19. The summed E-state index contributed by atoms with van der Waals surface area (Å²) in [6.07, 6.45) is -6.23. The Hall–Kier alpha value is -2.90. The molecule has 1 aliphatic rings. The fourth-order valence-electron chi connectivity index (χ4n) is 2.92. The van der Waals surface area contributed by atoms with Crippen molar-refractivity contribution in [3.63, 3.8) is 0 Å². The molecule has 3 rings (SSSR count). The Labute approximate surface area is 156 Å². The van der Waals surface area contributed by atoms with Crippen molar-refractivity contribution >= 4 is 23.4 Å². The van der Waals surface area contributed by atoms with E-state index in [1.165, 1.54) is 17.0 Å². The van der Waals surface area contributed by atoms with Crippen LogP contribution in [0.15, 0.2) is 53.6 Å². The lowest BCUT2D eigenvalue weighted by atomic mass is 9.98. The summed E-state index contributed by atoms with van der Waals surface area (Å²) >= 11 is 5.86. The first-order chi connectivity index (χ1) is 12.8. The van der Waals surface area contributed by atoms with E-state index in [9.17, 15) is 18.0 Å². The third kappa shape index (κ3) is 3.94. The van der Waals surface area contributed by atoms with Crippen LogP contribution in [0.3, 0.4) is 0 Å². The van der Waals surface area contributed by atoms with Gasteiger partial charge in [-0.1, -0.05) is 28.8 Å². The maximum absolute atomic E-state index is 13.1. The van der Waals surface area contributed by atoms with Crippen LogP contribution in [-0.4, -0.2) is 18.7 Å². The monoisotopic (exact) mass is 396 g/mol. The highest BCUT2D eigenvalue weighted by Crippen LogP contribution is 2.40. The summed E-state index contributed by atoms with van der Waals surface area (Å²) < 4.78 is 44.6. The Balaban J connectivity index is 2.08. The fourth-order valence-corrected chi connectivity index (χ4v) is 3.04. The minimum absolute atomic E-state index is 0.212. The van der Waals surface area contributed by atoms with E-state index in [0.717, 1.165) is 12.1 Å². The van der Waals surface area contributed by atoms with Crippen LogP contribution in [0.25, 0.3) is 10.4 Å². The topological polar surface area (TPSA) is 78.3 Å². The Bertz CT molecular complexity index is 898. The van der Waals surface area contributed by atoms with Crippen molar-refractivity contribution in [2.24, 2.45) is 5.11 Å². The van der Waals surface area contributed by atoms with Crippen LogP contribution in [0.2, 0.25) is 5.02 Å². The number of azide groups is 1. The number of hydrogen-bond acceptors (Lipinski definition) is 3. The number of anilines is 1. The molecule has 1 amide bonds. The average Bonchev–Trinajstić information content (AvgIpc) is 2.96. The van der Waals surface area contributed by atoms with E-state index in [-0.39, 0.29) is 12.1 Å². The standard InChI is InChI=1S/C17H12ClF3N4O2/c18-12-4-6-13(7-5-12)25-15(14(9-23-24-22)27-16(25)26)10-2-1-3-11(8-10)17(19,20)21/h1-8,14-15H,9H2/t14-,15-/m0/s1. The highest BCUT2D eigenvalue weighted by atomic mass is 35.5. The van der Waals surface area contributed by atoms with Gasteiger partial charge in [-0.05, 0) is 47.5 Å². The normalized spacial score (nSPS) is 19.6. The molecule has 140 valence electrons. The lowest BCUT2D eigenvalue weighted by Gasteiger charge is -2.25. The van der Waals surface area contributed by atoms with Gasteiger partial charge in [-0.2, -0.15) is 13.2 Å². The van der Waals surface area contributed by atoms with Crippen LogP contribution in [0, 0.1) is 0 Å². The summed E-state index contributed by atoms with van der Waals surface area (Å²) in [6, 6.07) is 9.93. The molecule has 0 N–H and O–H groups in total. The zero-order valence-electron chi connectivity index (χ0n) is 13.6. The average molecular weight is 397 g/mol. The van der Waals surface area contributed by atoms with Crippen molar-refractivity contribution in [1.82, 2.24) is 0 Å². The summed E-state index contributed by atoms with van der Waals surface area (Å²) in [7, 11) is 0. The number of ether oxygens (including phenoxy) is 1. The molecule has 1 fully saturated rings. The van der Waals surface area contributed by atoms with E-state index in [2.05, 4.69) is 10.0 Å². The zero-order chi connectivity index (χ0) is 19.6. The molecule has 0 bridgehead atoms. The third-order valence-electron chi connectivity index (χ3n) is 4.06. The molecule has 27 heavy (non-hydrogen) atoms. The lowest BCUT2D eigenvalue weighted by molar-refractivity contribution is -0.137. The molecule has 1 aliphatic heterocycles. The van der Waals surface area contributed by atoms with Crippen LogP contribution < -0.4 is 4.90 Å². The van der Waals surface area contributed by atoms with Crippen LogP contribution in [0.4, 0.5) is 23.7 Å². The van der Waals surface area contributed by atoms with Crippen molar-refractivity contribution in [2.45, 2.75) is 18.3 Å². The maximum atomic E-state index is 13.1. The molecule has 0 aromatic heterocycles. The summed E-state index contributed by atoms with van der Waals surface area (Å²) in [6.45, 7) is -0.215. The molecule has 2 atom stereocenters. The molecule has 0 saturated carbocycles. The van der Waals surface area contributed by atoms with Crippen molar-refractivity contribution in [3.8, 4) is 0 Å². The number of amides is 1. The lowest BCUT2D eigenvalue weighted by Crippen LogP contribution is -2.30. The molecule has 2 aromatic carbocycles. The van der Waals surface area contributed by atoms with Crippen LogP contribution in [0.5, 0.6) is 0 Å². The van der Waals surface area contributed by atoms with Gasteiger partial charge >= 0.3 is 12.3 Å². The Morgan fingerprint density at radius 2 is 1.93 bits per heavy atom. The first-order valence-corrected chi connectivity index (χ1v) is 8.12. The zero-order valence-corrected chi connectivity index (χ0v) is 14.4. The van der Waals surface area contributed by atoms with Gasteiger partial charge in [0.05, 0.1) is 12.1 Å². The second-order valence-electron chi connectivity index (χ2n) is 5.75. The predicted molar refractivity (Wildman–Crippen MR) is 92.4 cm³/mol. The fraction of sp³-hybridized carbons (Fsp3) is 0.235. The third-order valence-corrected chi connectivity index (χ3v) is 4.32. The summed E-state index contributed by atoms with van der Waals surface area (Å²) in [5, 5.41) is 3.85. The van der Waals surface area contributed by atoms with Gasteiger partial charge in [-0.25, -0.2) is 4.79 Å². The first-order valence-electron chi connectivity index (χ1n) is 7.74. The van der Waals surface area contributed by atoms with E-state index in [0.29, 0.717) is 10.7 Å². The minimum Gasteiger partial charge on any atom is -0.443 e. The Morgan fingerprint density at radius 1 is 1.22 bits per heavy atom. The number of alkyl halides is 3. The molecule has 1 heterocycles. The SMILES string of the molecule is [N-]=[N+]=NC[C@@H]1OC(=O)N(c2ccc(Cl)cc2)[C@H]1c1cccc(C(F)(F)F)c1. The molecule has 0 spiro atoms. The molecule has 0 radical (unpaired) electrons. The van der Waals surface area contributed by atoms with E-state index in [4.69, 9.17) is 21.9 Å². The number of rotatable bonds is 4. The van der Waals surface area contributed by atoms with Crippen molar-refractivity contribution < 1.29 is 22.7 Å². The largest absolute Gasteiger partial charge is 0.443 e. The molecule has 1 saturated heterocycles. The maximum Gasteiger partial charge on any atom is 0.416 e. The predicted octanol–water partition coefficient (Wildman–Crippen LogP) is 5.74. The van der Waals surface area contributed by atoms with Gasteiger partial charge in [0, 0.05) is 15.6 Å². The van der Waals surface area contributed by atoms with Crippen LogP contribution in [-0.2, 0) is 10.9 Å². The van der Waals surface area contributed by atoms with Gasteiger partial charge in [-0.15, -0.1) is 0 Å². The Kier molecular flexibility index (Phi) is 5.16. The van der Waals surface area contributed by atoms with Crippen molar-refractivity contribution in [3.05, 3.63) is 75.1 Å². The molecular formula is C17H12ClF3N4O2. The van der Waals surface area contributed by atoms with Crippen LogP contribution in [0.1, 0.15) is 17.2 Å². The molecule has 0 aliphatic carbocycles. The number of nitrogens with zero attached hydrogens (tertiary/aromatic N) is 4. The van der Waals surface area contributed by atoms with Gasteiger partial charge in [-0.3, -0.25) is 4.90 Å². The number of halogens is 4. The minimum atomic E-state index is -4.54. The van der Waals surface area contributed by atoms with E-state index in [1.54, 1.807) is 24.3 Å². The number of hydrogen-bond donors (Lipinski definition) is 0. The summed E-state index contributed by atoms with van der Waals surface area (Å²) in [5.74, 6) is 0. The first kappa shape index (κ1) is 18.9. The molecule has 10 heteroatoms. The Morgan fingerprint density at radius 3 is 2.56 bits per heavy atom. The van der Waals surface area contributed by atoms with Gasteiger partial charge in [0.15, 0.2) is 0 Å². The number of carbonyl (C=O) groups excluding carboxylic acids is 1. The molecular weight excluding hydrogens is 385 g/mol. The number of cyclic esters (lactones) is 1. The second kappa shape index (κ2) is 7.38. The van der Waals surface area contributed by atoms with Gasteiger partial charge in [0.25, 0.3) is 0 Å². The van der Waals surface area contributed by atoms with E-state index >= 15 is 0 Å². The smallest absolute Gasteiger partial charge is 0.416 e. The van der Waals surface area contributed by atoms with Crippen LogP contribution >= 0.6 is 11.6 Å². The van der Waals surface area contributed by atoms with Gasteiger partial charge in [0.1, 0.15) is 12.1 Å².